The van der Waals surface area contributed by atoms with E-state index in [1.54, 1.807) is 10.8 Å². The molecule has 64 valence electrons. The highest BCUT2D eigenvalue weighted by molar-refractivity contribution is 7.84. The van der Waals surface area contributed by atoms with E-state index in [4.69, 9.17) is 6.42 Å². The number of aromatic nitrogens is 3. The Morgan fingerprint density at radius 1 is 1.83 bits per heavy atom. The second kappa shape index (κ2) is 4.02. The van der Waals surface area contributed by atoms with Crippen LogP contribution < -0.4 is 0 Å². The fourth-order valence-corrected chi connectivity index (χ4v) is 1.44. The molecular formula is C7H9N3OS. The Hall–Kier alpha value is -1.15. The van der Waals surface area contributed by atoms with Crippen molar-refractivity contribution in [2.24, 2.45) is 0 Å². The highest BCUT2D eigenvalue weighted by atomic mass is 32.2. The molecule has 0 amide bonds. The molecular weight excluding hydrogens is 174 g/mol. The van der Waals surface area contributed by atoms with Crippen molar-refractivity contribution in [1.82, 2.24) is 14.8 Å². The minimum Gasteiger partial charge on any atom is -0.306 e. The van der Waals surface area contributed by atoms with Crippen molar-refractivity contribution in [3.63, 3.8) is 0 Å². The third-order valence-corrected chi connectivity index (χ3v) is 2.16. The van der Waals surface area contributed by atoms with Gasteiger partial charge in [-0.1, -0.05) is 0 Å². The quantitative estimate of drug-likeness (QED) is 0.621. The van der Waals surface area contributed by atoms with Crippen LogP contribution in [0.5, 0.6) is 0 Å². The highest BCUT2D eigenvalue weighted by Crippen LogP contribution is 2.00. The van der Waals surface area contributed by atoms with Crippen molar-refractivity contribution in [1.29, 1.82) is 0 Å². The van der Waals surface area contributed by atoms with E-state index in [0.717, 1.165) is 0 Å². The van der Waals surface area contributed by atoms with Gasteiger partial charge >= 0.3 is 0 Å². The van der Waals surface area contributed by atoms with E-state index in [0.29, 0.717) is 18.1 Å². The molecule has 1 aromatic heterocycles. The first-order valence-corrected chi connectivity index (χ1v) is 4.96. The van der Waals surface area contributed by atoms with Crippen LogP contribution in [0.25, 0.3) is 0 Å². The maximum atomic E-state index is 11.0. The molecule has 0 N–H and O–H groups in total. The molecule has 0 saturated heterocycles. The summed E-state index contributed by atoms with van der Waals surface area (Å²) >= 11 is 0. The van der Waals surface area contributed by atoms with Crippen LogP contribution in [0.2, 0.25) is 0 Å². The molecule has 0 fully saturated rings. The Morgan fingerprint density at radius 2 is 2.58 bits per heavy atom. The van der Waals surface area contributed by atoms with E-state index >= 15 is 0 Å². The van der Waals surface area contributed by atoms with Crippen molar-refractivity contribution < 1.29 is 4.21 Å². The third kappa shape index (κ3) is 1.92. The maximum Gasteiger partial charge on any atom is 0.221 e. The molecule has 0 spiro atoms. The number of rotatable bonds is 3. The fraction of sp³-hybridized carbons (Fsp3) is 0.429. The van der Waals surface area contributed by atoms with Gasteiger partial charge in [0.1, 0.15) is 6.33 Å². The first kappa shape index (κ1) is 8.94. The molecule has 0 saturated carbocycles. The lowest BCUT2D eigenvalue weighted by molar-refractivity contribution is 0.625. The topological polar surface area (TPSA) is 47.8 Å². The van der Waals surface area contributed by atoms with Gasteiger partial charge < -0.3 is 4.57 Å². The van der Waals surface area contributed by atoms with Crippen molar-refractivity contribution in [3.8, 4) is 12.3 Å². The molecule has 0 aromatic carbocycles. The fourth-order valence-electron chi connectivity index (χ4n) is 0.805. The Bertz CT molecular complexity index is 326. The number of hydrogen-bond acceptors (Lipinski definition) is 3. The van der Waals surface area contributed by atoms with Crippen LogP contribution in [0.15, 0.2) is 11.5 Å². The predicted molar refractivity (Wildman–Crippen MR) is 45.8 cm³/mol. The van der Waals surface area contributed by atoms with Crippen molar-refractivity contribution in [2.45, 2.75) is 18.1 Å². The molecule has 1 rings (SSSR count). The smallest absolute Gasteiger partial charge is 0.221 e. The Kier molecular flexibility index (Phi) is 3.00. The Balaban J connectivity index is 2.79. The van der Waals surface area contributed by atoms with Gasteiger partial charge in [-0.05, 0) is 0 Å². The average Bonchev–Trinajstić information content (AvgIpc) is 2.48. The van der Waals surface area contributed by atoms with E-state index in [-0.39, 0.29) is 0 Å². The molecule has 0 radical (unpaired) electrons. The van der Waals surface area contributed by atoms with Crippen LogP contribution in [-0.2, 0) is 17.3 Å². The van der Waals surface area contributed by atoms with Crippen LogP contribution >= 0.6 is 0 Å². The summed E-state index contributed by atoms with van der Waals surface area (Å²) in [6, 6.07) is 0. The molecule has 4 nitrogen and oxygen atoms in total. The lowest BCUT2D eigenvalue weighted by Gasteiger charge is -1.99. The summed E-state index contributed by atoms with van der Waals surface area (Å²) in [5.74, 6) is 2.50. The van der Waals surface area contributed by atoms with E-state index in [2.05, 4.69) is 16.1 Å². The summed E-state index contributed by atoms with van der Waals surface area (Å²) in [5.41, 5.74) is 0. The van der Waals surface area contributed by atoms with Crippen LogP contribution in [0, 0.1) is 12.3 Å². The second-order valence-electron chi connectivity index (χ2n) is 2.22. The summed E-state index contributed by atoms with van der Waals surface area (Å²) in [5, 5.41) is 7.84. The summed E-state index contributed by atoms with van der Waals surface area (Å²) in [6.07, 6.45) is 8.79. The van der Waals surface area contributed by atoms with E-state index in [1.165, 1.54) is 6.33 Å². The van der Waals surface area contributed by atoms with E-state index in [9.17, 15) is 4.21 Å². The summed E-state index contributed by atoms with van der Waals surface area (Å²) in [4.78, 5) is 0. The number of terminal acetylenes is 1. The van der Waals surface area contributed by atoms with Gasteiger partial charge in [0.25, 0.3) is 0 Å². The standard InChI is InChI=1S/C7H9N3OS/c1-3-4-5-10-6-8-9-7(10)12(2)11/h1,6H,4-5H2,2H3. The van der Waals surface area contributed by atoms with Crippen molar-refractivity contribution >= 4 is 10.8 Å². The van der Waals surface area contributed by atoms with Gasteiger partial charge in [0.2, 0.25) is 5.16 Å². The number of aryl methyl sites for hydroxylation is 1. The molecule has 12 heavy (non-hydrogen) atoms. The van der Waals surface area contributed by atoms with Gasteiger partial charge in [0.05, 0.1) is 10.8 Å². The molecule has 1 heterocycles. The second-order valence-corrected chi connectivity index (χ2v) is 3.49. The Morgan fingerprint density at radius 3 is 3.17 bits per heavy atom. The van der Waals surface area contributed by atoms with Crippen molar-refractivity contribution in [3.05, 3.63) is 6.33 Å². The summed E-state index contributed by atoms with van der Waals surface area (Å²) < 4.78 is 12.7. The summed E-state index contributed by atoms with van der Waals surface area (Å²) in [7, 11) is -1.09. The zero-order valence-corrected chi connectivity index (χ0v) is 7.54. The summed E-state index contributed by atoms with van der Waals surface area (Å²) in [6.45, 7) is 0.623. The monoisotopic (exact) mass is 183 g/mol. The lowest BCUT2D eigenvalue weighted by atomic mass is 10.4. The van der Waals surface area contributed by atoms with Crippen LogP contribution in [0.3, 0.4) is 0 Å². The van der Waals surface area contributed by atoms with Gasteiger partial charge in [0.15, 0.2) is 0 Å². The average molecular weight is 183 g/mol. The minimum atomic E-state index is -1.09. The van der Waals surface area contributed by atoms with Crippen LogP contribution in [0.1, 0.15) is 6.42 Å². The molecule has 1 atom stereocenters. The third-order valence-electron chi connectivity index (χ3n) is 1.33. The largest absolute Gasteiger partial charge is 0.306 e. The zero-order chi connectivity index (χ0) is 8.97. The molecule has 0 bridgehead atoms. The van der Waals surface area contributed by atoms with Gasteiger partial charge in [0, 0.05) is 19.2 Å². The molecule has 1 aromatic rings. The zero-order valence-electron chi connectivity index (χ0n) is 6.73. The highest BCUT2D eigenvalue weighted by Gasteiger charge is 2.05. The SMILES string of the molecule is C#CCCn1cnnc1S(C)=O. The minimum absolute atomic E-state index is 0.477. The van der Waals surface area contributed by atoms with E-state index < -0.39 is 10.8 Å². The van der Waals surface area contributed by atoms with Crippen molar-refractivity contribution in [2.75, 3.05) is 6.26 Å². The molecule has 0 aliphatic heterocycles. The van der Waals surface area contributed by atoms with Crippen LogP contribution in [0.4, 0.5) is 0 Å². The normalized spacial score (nSPS) is 12.3. The van der Waals surface area contributed by atoms with E-state index in [1.807, 2.05) is 0 Å². The molecule has 0 aliphatic rings. The van der Waals surface area contributed by atoms with Gasteiger partial charge in [-0.3, -0.25) is 4.21 Å². The molecule has 1 unspecified atom stereocenters. The maximum absolute atomic E-state index is 11.0. The molecule has 5 heteroatoms. The van der Waals surface area contributed by atoms with Gasteiger partial charge in [-0.15, -0.1) is 22.5 Å². The number of nitrogens with zero attached hydrogens (tertiary/aromatic N) is 3. The van der Waals surface area contributed by atoms with Gasteiger partial charge in [-0.2, -0.15) is 0 Å². The Labute approximate surface area is 73.5 Å². The van der Waals surface area contributed by atoms with Crippen LogP contribution in [-0.4, -0.2) is 25.2 Å². The first-order chi connectivity index (χ1) is 5.75. The van der Waals surface area contributed by atoms with Gasteiger partial charge in [-0.25, -0.2) is 0 Å². The molecule has 0 aliphatic carbocycles. The predicted octanol–water partition coefficient (Wildman–Crippen LogP) is 0.0388. The number of hydrogen-bond donors (Lipinski definition) is 0. The first-order valence-electron chi connectivity index (χ1n) is 3.40. The lowest BCUT2D eigenvalue weighted by Crippen LogP contribution is -2.03.